The molecule has 1 N–H and O–H groups in total. The summed E-state index contributed by atoms with van der Waals surface area (Å²) in [7, 11) is 0. The highest BCUT2D eigenvalue weighted by atomic mass is 35.5. The summed E-state index contributed by atoms with van der Waals surface area (Å²) in [4.78, 5) is 0. The molecule has 0 bridgehead atoms. The summed E-state index contributed by atoms with van der Waals surface area (Å²) in [5, 5.41) is 4.29. The Labute approximate surface area is 95.6 Å². The normalized spacial score (nSPS) is 25.7. The fourth-order valence-corrected chi connectivity index (χ4v) is 2.11. The van der Waals surface area contributed by atoms with Crippen molar-refractivity contribution < 1.29 is 4.74 Å². The van der Waals surface area contributed by atoms with Crippen molar-refractivity contribution in [2.45, 2.75) is 32.0 Å². The number of rotatable bonds is 3. The Morgan fingerprint density at radius 2 is 2.40 bits per heavy atom. The number of nitrogens with one attached hydrogen (secondary N) is 1. The lowest BCUT2D eigenvalue weighted by atomic mass is 10.1. The first-order valence-corrected chi connectivity index (χ1v) is 5.73. The van der Waals surface area contributed by atoms with Gasteiger partial charge >= 0.3 is 0 Å². The third-order valence-electron chi connectivity index (χ3n) is 2.83. The zero-order chi connectivity index (χ0) is 10.7. The summed E-state index contributed by atoms with van der Waals surface area (Å²) in [6, 6.07) is 8.43. The second kappa shape index (κ2) is 4.97. The van der Waals surface area contributed by atoms with E-state index in [1.165, 1.54) is 5.56 Å². The lowest BCUT2D eigenvalue weighted by Crippen LogP contribution is -2.34. The summed E-state index contributed by atoms with van der Waals surface area (Å²) in [6.45, 7) is 3.84. The average molecular weight is 226 g/mol. The molecule has 3 heteroatoms. The molecule has 0 spiro atoms. The van der Waals surface area contributed by atoms with Gasteiger partial charge in [0.25, 0.3) is 0 Å². The Bertz CT molecular complexity index is 329. The second-order valence-electron chi connectivity index (χ2n) is 3.98. The molecule has 15 heavy (non-hydrogen) atoms. The molecular weight excluding hydrogens is 210 g/mol. The highest BCUT2D eigenvalue weighted by molar-refractivity contribution is 6.30. The molecule has 1 heterocycles. The van der Waals surface area contributed by atoms with Gasteiger partial charge < -0.3 is 10.1 Å². The standard InChI is InChI=1S/C12H16ClNO/c1-9-12(5-6-15-9)14-8-10-3-2-4-11(13)7-10/h2-4,7,9,12,14H,5-6,8H2,1H3/t9-,12-/m0/s1. The molecule has 1 saturated heterocycles. The van der Waals surface area contributed by atoms with Crippen molar-refractivity contribution in [3.05, 3.63) is 34.9 Å². The van der Waals surface area contributed by atoms with Gasteiger partial charge in [-0.2, -0.15) is 0 Å². The van der Waals surface area contributed by atoms with Gasteiger partial charge in [0.1, 0.15) is 0 Å². The largest absolute Gasteiger partial charge is 0.377 e. The Morgan fingerprint density at radius 3 is 3.07 bits per heavy atom. The van der Waals surface area contributed by atoms with Gasteiger partial charge in [-0.05, 0) is 31.0 Å². The Morgan fingerprint density at radius 1 is 1.53 bits per heavy atom. The molecule has 0 amide bonds. The van der Waals surface area contributed by atoms with E-state index in [-0.39, 0.29) is 0 Å². The minimum absolute atomic E-state index is 0.323. The summed E-state index contributed by atoms with van der Waals surface area (Å²) >= 11 is 5.92. The minimum Gasteiger partial charge on any atom is -0.377 e. The number of ether oxygens (including phenoxy) is 1. The van der Waals surface area contributed by atoms with Gasteiger partial charge in [0.2, 0.25) is 0 Å². The number of halogens is 1. The van der Waals surface area contributed by atoms with E-state index in [0.29, 0.717) is 12.1 Å². The Kier molecular flexibility index (Phi) is 3.62. The predicted molar refractivity (Wildman–Crippen MR) is 62.1 cm³/mol. The first kappa shape index (κ1) is 10.9. The Balaban J connectivity index is 1.87. The lowest BCUT2D eigenvalue weighted by molar-refractivity contribution is 0.113. The van der Waals surface area contributed by atoms with Crippen LogP contribution in [-0.4, -0.2) is 18.8 Å². The molecule has 0 unspecified atom stereocenters. The van der Waals surface area contributed by atoms with Crippen molar-refractivity contribution in [2.24, 2.45) is 0 Å². The fourth-order valence-electron chi connectivity index (χ4n) is 1.90. The van der Waals surface area contributed by atoms with E-state index in [0.717, 1.165) is 24.6 Å². The molecule has 0 saturated carbocycles. The van der Waals surface area contributed by atoms with Crippen LogP contribution in [-0.2, 0) is 11.3 Å². The van der Waals surface area contributed by atoms with E-state index in [4.69, 9.17) is 16.3 Å². The van der Waals surface area contributed by atoms with Crippen LogP contribution in [0.1, 0.15) is 18.9 Å². The van der Waals surface area contributed by atoms with Crippen molar-refractivity contribution in [1.29, 1.82) is 0 Å². The molecule has 2 atom stereocenters. The number of hydrogen-bond donors (Lipinski definition) is 1. The van der Waals surface area contributed by atoms with Crippen LogP contribution >= 0.6 is 11.6 Å². The number of hydrogen-bond acceptors (Lipinski definition) is 2. The highest BCUT2D eigenvalue weighted by Gasteiger charge is 2.23. The zero-order valence-electron chi connectivity index (χ0n) is 8.87. The predicted octanol–water partition coefficient (Wildman–Crippen LogP) is 2.61. The molecule has 1 fully saturated rings. The molecule has 2 nitrogen and oxygen atoms in total. The van der Waals surface area contributed by atoms with E-state index in [1.54, 1.807) is 0 Å². The van der Waals surface area contributed by atoms with Gasteiger partial charge in [-0.15, -0.1) is 0 Å². The quantitative estimate of drug-likeness (QED) is 0.854. The van der Waals surface area contributed by atoms with Crippen LogP contribution in [0, 0.1) is 0 Å². The fraction of sp³-hybridized carbons (Fsp3) is 0.500. The zero-order valence-corrected chi connectivity index (χ0v) is 9.63. The maximum atomic E-state index is 5.92. The minimum atomic E-state index is 0.323. The van der Waals surface area contributed by atoms with Crippen LogP contribution in [0.4, 0.5) is 0 Å². The molecule has 1 aromatic rings. The molecule has 1 aliphatic rings. The van der Waals surface area contributed by atoms with Gasteiger partial charge in [-0.1, -0.05) is 23.7 Å². The summed E-state index contributed by atoms with van der Waals surface area (Å²) < 4.78 is 5.49. The summed E-state index contributed by atoms with van der Waals surface area (Å²) in [5.74, 6) is 0. The smallest absolute Gasteiger partial charge is 0.0700 e. The van der Waals surface area contributed by atoms with E-state index in [1.807, 2.05) is 18.2 Å². The van der Waals surface area contributed by atoms with Crippen LogP contribution in [0.15, 0.2) is 24.3 Å². The maximum Gasteiger partial charge on any atom is 0.0700 e. The second-order valence-corrected chi connectivity index (χ2v) is 4.42. The first-order valence-electron chi connectivity index (χ1n) is 5.35. The topological polar surface area (TPSA) is 21.3 Å². The first-order chi connectivity index (χ1) is 7.25. The van der Waals surface area contributed by atoms with Crippen molar-refractivity contribution in [1.82, 2.24) is 5.32 Å². The summed E-state index contributed by atoms with van der Waals surface area (Å²) in [6.07, 6.45) is 1.42. The van der Waals surface area contributed by atoms with Gasteiger partial charge in [0.05, 0.1) is 6.10 Å². The van der Waals surface area contributed by atoms with E-state index < -0.39 is 0 Å². The van der Waals surface area contributed by atoms with Crippen LogP contribution in [0.3, 0.4) is 0 Å². The maximum absolute atomic E-state index is 5.92. The molecule has 1 aromatic carbocycles. The third kappa shape index (κ3) is 2.94. The summed E-state index contributed by atoms with van der Waals surface area (Å²) in [5.41, 5.74) is 1.22. The van der Waals surface area contributed by atoms with E-state index >= 15 is 0 Å². The van der Waals surface area contributed by atoms with Crippen LogP contribution in [0.25, 0.3) is 0 Å². The van der Waals surface area contributed by atoms with Crippen LogP contribution in [0.5, 0.6) is 0 Å². The molecule has 0 aliphatic carbocycles. The molecule has 82 valence electrons. The van der Waals surface area contributed by atoms with Crippen molar-refractivity contribution in [3.8, 4) is 0 Å². The highest BCUT2D eigenvalue weighted by Crippen LogP contribution is 2.14. The van der Waals surface area contributed by atoms with Gasteiger partial charge in [-0.3, -0.25) is 0 Å². The lowest BCUT2D eigenvalue weighted by Gasteiger charge is -2.15. The molecule has 0 aromatic heterocycles. The number of benzene rings is 1. The van der Waals surface area contributed by atoms with Crippen molar-refractivity contribution in [3.63, 3.8) is 0 Å². The van der Waals surface area contributed by atoms with Gasteiger partial charge in [0, 0.05) is 24.2 Å². The van der Waals surface area contributed by atoms with Gasteiger partial charge in [0.15, 0.2) is 0 Å². The van der Waals surface area contributed by atoms with E-state index in [9.17, 15) is 0 Å². The molecular formula is C12H16ClNO. The monoisotopic (exact) mass is 225 g/mol. The molecule has 1 aliphatic heterocycles. The Hall–Kier alpha value is -0.570. The van der Waals surface area contributed by atoms with Crippen LogP contribution < -0.4 is 5.32 Å². The van der Waals surface area contributed by atoms with Crippen molar-refractivity contribution >= 4 is 11.6 Å². The average Bonchev–Trinajstić information content (AvgIpc) is 2.61. The SMILES string of the molecule is C[C@@H]1OCC[C@@H]1NCc1cccc(Cl)c1. The van der Waals surface area contributed by atoms with Gasteiger partial charge in [-0.25, -0.2) is 0 Å². The third-order valence-corrected chi connectivity index (χ3v) is 3.07. The van der Waals surface area contributed by atoms with Crippen LogP contribution in [0.2, 0.25) is 5.02 Å². The molecule has 2 rings (SSSR count). The van der Waals surface area contributed by atoms with Crippen molar-refractivity contribution in [2.75, 3.05) is 6.61 Å². The van der Waals surface area contributed by atoms with E-state index in [2.05, 4.69) is 18.3 Å². The molecule has 0 radical (unpaired) electrons.